The number of allylic oxidation sites excluding steroid dienone is 4. The Labute approximate surface area is 113 Å². The molecule has 6 atom stereocenters. The normalized spacial score (nSPS) is 81.2. The molecule has 6 unspecified atom stereocenters. The molecule has 2 heterocycles. The molecule has 2 spiro atoms. The van der Waals surface area contributed by atoms with E-state index < -0.39 is 0 Å². The highest BCUT2D eigenvalue weighted by molar-refractivity contribution is 5.58. The van der Waals surface area contributed by atoms with Crippen molar-refractivity contribution in [3.05, 3.63) is 36.5 Å². The molecular weight excluding hydrogens is 232 g/mol. The molecule has 4 saturated carbocycles. The van der Waals surface area contributed by atoms with Gasteiger partial charge in [-0.1, -0.05) is 36.5 Å². The zero-order chi connectivity index (χ0) is 12.4. The molecule has 19 heavy (non-hydrogen) atoms. The van der Waals surface area contributed by atoms with Gasteiger partial charge in [0.05, 0.1) is 11.2 Å². The molecule has 1 saturated heterocycles. The number of hydrogen-bond donors (Lipinski definition) is 0. The first-order valence-electron chi connectivity index (χ1n) is 7.89. The molecule has 0 aromatic carbocycles. The minimum Gasteiger partial charge on any atom is -0.360 e. The highest BCUT2D eigenvalue weighted by atomic mass is 16.5. The Hall–Kier alpha value is -0.820. The Balaban J connectivity index is 1.75. The molecule has 6 aliphatic carbocycles. The van der Waals surface area contributed by atoms with Gasteiger partial charge in [0.2, 0.25) is 0 Å². The Morgan fingerprint density at radius 3 is 1.42 bits per heavy atom. The summed E-state index contributed by atoms with van der Waals surface area (Å²) < 4.78 is 6.75. The van der Waals surface area contributed by atoms with Crippen molar-refractivity contribution in [1.29, 1.82) is 0 Å². The summed E-state index contributed by atoms with van der Waals surface area (Å²) in [5.41, 5.74) is 0.779. The molecule has 1 heteroatoms. The standard InChI is InChI=1S/C18H18O/c1-15-7-8-16(2,19-15)18-11-5-3-9-13(11)14-10(17(9,15)18)4-6-12(14)18/h3-14H,1-2H3. The van der Waals surface area contributed by atoms with Crippen molar-refractivity contribution in [2.75, 3.05) is 0 Å². The third-order valence-corrected chi connectivity index (χ3v) is 8.73. The minimum atomic E-state index is -0.0108. The maximum absolute atomic E-state index is 6.75. The van der Waals surface area contributed by atoms with Crippen LogP contribution in [0.3, 0.4) is 0 Å². The molecule has 10 bridgehead atoms. The van der Waals surface area contributed by atoms with Gasteiger partial charge in [-0.25, -0.2) is 0 Å². The molecule has 5 fully saturated rings. The molecule has 0 aromatic heterocycles. The monoisotopic (exact) mass is 250 g/mol. The van der Waals surface area contributed by atoms with Crippen LogP contribution in [0, 0.1) is 46.3 Å². The van der Waals surface area contributed by atoms with Gasteiger partial charge in [0, 0.05) is 10.8 Å². The van der Waals surface area contributed by atoms with E-state index in [0.717, 1.165) is 35.5 Å². The van der Waals surface area contributed by atoms with E-state index in [1.54, 1.807) is 0 Å². The minimum absolute atomic E-state index is 0.0108. The second-order valence-corrected chi connectivity index (χ2v) is 8.42. The summed E-state index contributed by atoms with van der Waals surface area (Å²) in [6.07, 6.45) is 15.1. The van der Waals surface area contributed by atoms with Gasteiger partial charge in [-0.2, -0.15) is 0 Å². The second-order valence-electron chi connectivity index (χ2n) is 8.42. The first-order valence-corrected chi connectivity index (χ1v) is 7.89. The zero-order valence-corrected chi connectivity index (χ0v) is 11.3. The van der Waals surface area contributed by atoms with Crippen LogP contribution in [-0.2, 0) is 4.74 Å². The largest absolute Gasteiger partial charge is 0.360 e. The average molecular weight is 250 g/mol. The maximum Gasteiger partial charge on any atom is 0.0921 e. The first kappa shape index (κ1) is 9.18. The van der Waals surface area contributed by atoms with E-state index in [9.17, 15) is 0 Å². The van der Waals surface area contributed by atoms with Crippen LogP contribution in [0.15, 0.2) is 36.5 Å². The van der Waals surface area contributed by atoms with Crippen LogP contribution < -0.4 is 0 Å². The third-order valence-electron chi connectivity index (χ3n) is 8.73. The summed E-state index contributed by atoms with van der Waals surface area (Å²) in [5.74, 6) is 5.06. The highest BCUT2D eigenvalue weighted by Crippen LogP contribution is 2.97. The van der Waals surface area contributed by atoms with Crippen molar-refractivity contribution in [2.24, 2.45) is 46.3 Å². The quantitative estimate of drug-likeness (QED) is 0.601. The predicted molar refractivity (Wildman–Crippen MR) is 71.1 cm³/mol. The van der Waals surface area contributed by atoms with Gasteiger partial charge >= 0.3 is 0 Å². The van der Waals surface area contributed by atoms with Crippen molar-refractivity contribution in [3.8, 4) is 0 Å². The van der Waals surface area contributed by atoms with Gasteiger partial charge in [0.25, 0.3) is 0 Å². The van der Waals surface area contributed by atoms with Crippen molar-refractivity contribution in [3.63, 3.8) is 0 Å². The van der Waals surface area contributed by atoms with Crippen molar-refractivity contribution in [2.45, 2.75) is 25.0 Å². The third kappa shape index (κ3) is 0.456. The Kier molecular flexibility index (Phi) is 0.936. The van der Waals surface area contributed by atoms with Crippen molar-refractivity contribution >= 4 is 0 Å². The van der Waals surface area contributed by atoms with Crippen LogP contribution in [-0.4, -0.2) is 11.2 Å². The topological polar surface area (TPSA) is 9.23 Å². The lowest BCUT2D eigenvalue weighted by Crippen LogP contribution is -2.60. The van der Waals surface area contributed by atoms with Crippen LogP contribution >= 0.6 is 0 Å². The fourth-order valence-corrected chi connectivity index (χ4v) is 9.18. The molecular formula is C18H18O. The SMILES string of the molecule is CC12C=CC(C)(O1)C13C4C=CC5C4C4C(C=CC41)C523. The van der Waals surface area contributed by atoms with E-state index in [0.29, 0.717) is 10.8 Å². The van der Waals surface area contributed by atoms with E-state index in [1.165, 1.54) is 0 Å². The first-order chi connectivity index (χ1) is 9.12. The van der Waals surface area contributed by atoms with Crippen LogP contribution in [0.4, 0.5) is 0 Å². The highest BCUT2D eigenvalue weighted by Gasteiger charge is 2.98. The Morgan fingerprint density at radius 2 is 1.05 bits per heavy atom. The van der Waals surface area contributed by atoms with Crippen LogP contribution in [0.1, 0.15) is 13.8 Å². The fraction of sp³-hybridized carbons (Fsp3) is 0.667. The summed E-state index contributed by atoms with van der Waals surface area (Å²) >= 11 is 0. The number of ether oxygens (including phenoxy) is 1. The second kappa shape index (κ2) is 1.94. The van der Waals surface area contributed by atoms with Crippen LogP contribution in [0.5, 0.6) is 0 Å². The summed E-state index contributed by atoms with van der Waals surface area (Å²) in [4.78, 5) is 0. The molecule has 0 N–H and O–H groups in total. The molecule has 1 nitrogen and oxygen atoms in total. The van der Waals surface area contributed by atoms with Gasteiger partial charge in [-0.05, 0) is 49.4 Å². The van der Waals surface area contributed by atoms with E-state index in [1.807, 2.05) is 0 Å². The molecule has 0 aromatic rings. The van der Waals surface area contributed by atoms with Gasteiger partial charge in [0.1, 0.15) is 0 Å². The van der Waals surface area contributed by atoms with Crippen LogP contribution in [0.25, 0.3) is 0 Å². The summed E-state index contributed by atoms with van der Waals surface area (Å²) in [6.45, 7) is 4.78. The van der Waals surface area contributed by atoms with Crippen molar-refractivity contribution in [1.82, 2.24) is 0 Å². The lowest BCUT2D eigenvalue weighted by Gasteiger charge is -2.56. The van der Waals surface area contributed by atoms with E-state index in [2.05, 4.69) is 50.3 Å². The van der Waals surface area contributed by atoms with Gasteiger partial charge in [0.15, 0.2) is 0 Å². The lowest BCUT2D eigenvalue weighted by atomic mass is 9.43. The maximum atomic E-state index is 6.75. The van der Waals surface area contributed by atoms with E-state index in [4.69, 9.17) is 4.74 Å². The van der Waals surface area contributed by atoms with Gasteiger partial charge in [-0.15, -0.1) is 0 Å². The zero-order valence-electron chi connectivity index (χ0n) is 11.3. The van der Waals surface area contributed by atoms with Gasteiger partial charge < -0.3 is 4.74 Å². The molecule has 8 rings (SSSR count). The van der Waals surface area contributed by atoms with Crippen molar-refractivity contribution < 1.29 is 4.74 Å². The molecule has 8 aliphatic rings. The summed E-state index contributed by atoms with van der Waals surface area (Å²) in [7, 11) is 0. The molecule has 0 amide bonds. The van der Waals surface area contributed by atoms with E-state index >= 15 is 0 Å². The lowest BCUT2D eigenvalue weighted by molar-refractivity contribution is -0.0630. The predicted octanol–water partition coefficient (Wildman–Crippen LogP) is 2.95. The number of fused-ring (bicyclic) bond motifs is 2. The average Bonchev–Trinajstić information content (AvgIpc) is 3.14. The Bertz CT molecular complexity index is 585. The van der Waals surface area contributed by atoms with Gasteiger partial charge in [-0.3, -0.25) is 0 Å². The number of rotatable bonds is 0. The molecule has 2 aliphatic heterocycles. The Morgan fingerprint density at radius 1 is 0.684 bits per heavy atom. The smallest absolute Gasteiger partial charge is 0.0921 e. The van der Waals surface area contributed by atoms with Crippen LogP contribution in [0.2, 0.25) is 0 Å². The fourth-order valence-electron chi connectivity index (χ4n) is 9.18. The summed E-state index contributed by atoms with van der Waals surface area (Å²) in [5, 5.41) is 0. The number of hydrogen-bond acceptors (Lipinski definition) is 1. The summed E-state index contributed by atoms with van der Waals surface area (Å²) in [6, 6.07) is 0. The van der Waals surface area contributed by atoms with E-state index in [-0.39, 0.29) is 11.2 Å². The molecule has 96 valence electrons. The molecule has 0 radical (unpaired) electrons.